The lowest BCUT2D eigenvalue weighted by atomic mass is 10.2. The molecule has 4 heteroatoms. The highest BCUT2D eigenvalue weighted by Crippen LogP contribution is 2.20. The number of hydrogen-bond donors (Lipinski definition) is 2. The number of benzene rings is 1. The van der Waals surface area contributed by atoms with Gasteiger partial charge in [-0.2, -0.15) is 0 Å². The molecule has 0 unspecified atom stereocenters. The number of hydrogen-bond acceptors (Lipinski definition) is 2. The zero-order valence-corrected chi connectivity index (χ0v) is 11.0. The third kappa shape index (κ3) is 4.51. The van der Waals surface area contributed by atoms with Gasteiger partial charge < -0.3 is 10.4 Å². The van der Waals surface area contributed by atoms with E-state index in [1.165, 1.54) is 0 Å². The first-order valence-electron chi connectivity index (χ1n) is 4.91. The number of halogens is 2. The van der Waals surface area contributed by atoms with Crippen LogP contribution in [0.2, 0.25) is 5.02 Å². The maximum atomic E-state index is 8.76. The minimum absolute atomic E-state index is 0.209. The van der Waals surface area contributed by atoms with Gasteiger partial charge in [-0.15, -0.1) is 0 Å². The fourth-order valence-corrected chi connectivity index (χ4v) is 1.85. The van der Waals surface area contributed by atoms with E-state index in [0.717, 1.165) is 28.0 Å². The fourth-order valence-electron chi connectivity index (χ4n) is 1.26. The third-order valence-electron chi connectivity index (χ3n) is 2.21. The largest absolute Gasteiger partial charge is 0.396 e. The van der Waals surface area contributed by atoms with E-state index in [0.29, 0.717) is 6.04 Å². The van der Waals surface area contributed by atoms with Crippen LogP contribution in [0.5, 0.6) is 0 Å². The molecule has 0 fully saturated rings. The molecule has 0 aliphatic heterocycles. The lowest BCUT2D eigenvalue weighted by Gasteiger charge is -2.13. The van der Waals surface area contributed by atoms with E-state index in [1.54, 1.807) is 0 Å². The molecule has 1 atom stereocenters. The Morgan fingerprint density at radius 3 is 2.93 bits per heavy atom. The molecular weight excluding hydrogens is 277 g/mol. The van der Waals surface area contributed by atoms with Crippen molar-refractivity contribution in [3.8, 4) is 0 Å². The molecule has 0 aliphatic rings. The van der Waals surface area contributed by atoms with Crippen LogP contribution in [0.25, 0.3) is 0 Å². The van der Waals surface area contributed by atoms with Gasteiger partial charge in [0, 0.05) is 28.7 Å². The standard InChI is InChI=1S/C11H15BrClNO/c1-8(4-5-15)14-7-9-6-10(12)2-3-11(9)13/h2-3,6,8,14-15H,4-5,7H2,1H3/t8-/m1/s1. The molecule has 84 valence electrons. The molecule has 0 saturated heterocycles. The molecular formula is C11H15BrClNO. The summed E-state index contributed by atoms with van der Waals surface area (Å²) in [6, 6.07) is 6.09. The van der Waals surface area contributed by atoms with Crippen molar-refractivity contribution >= 4 is 27.5 Å². The van der Waals surface area contributed by atoms with Crippen LogP contribution in [0.3, 0.4) is 0 Å². The van der Waals surface area contributed by atoms with Crippen molar-refractivity contribution in [3.63, 3.8) is 0 Å². The molecule has 2 N–H and O–H groups in total. The molecule has 15 heavy (non-hydrogen) atoms. The quantitative estimate of drug-likeness (QED) is 0.874. The van der Waals surface area contributed by atoms with Crippen molar-refractivity contribution < 1.29 is 5.11 Å². The van der Waals surface area contributed by atoms with E-state index in [2.05, 4.69) is 21.2 Å². The maximum absolute atomic E-state index is 8.76. The van der Waals surface area contributed by atoms with E-state index in [1.807, 2.05) is 25.1 Å². The zero-order valence-electron chi connectivity index (χ0n) is 8.63. The molecule has 0 saturated carbocycles. The molecule has 1 aromatic carbocycles. The van der Waals surface area contributed by atoms with E-state index < -0.39 is 0 Å². The first-order chi connectivity index (χ1) is 7.13. The van der Waals surface area contributed by atoms with Crippen LogP contribution < -0.4 is 5.32 Å². The fraction of sp³-hybridized carbons (Fsp3) is 0.455. The van der Waals surface area contributed by atoms with Crippen LogP contribution in [-0.4, -0.2) is 17.8 Å². The van der Waals surface area contributed by atoms with Crippen molar-refractivity contribution in [2.45, 2.75) is 25.9 Å². The van der Waals surface area contributed by atoms with E-state index >= 15 is 0 Å². The molecule has 0 spiro atoms. The van der Waals surface area contributed by atoms with Crippen LogP contribution in [-0.2, 0) is 6.54 Å². The molecule has 0 aromatic heterocycles. The van der Waals surface area contributed by atoms with Gasteiger partial charge in [0.15, 0.2) is 0 Å². The van der Waals surface area contributed by atoms with Crippen LogP contribution >= 0.6 is 27.5 Å². The molecule has 0 aliphatic carbocycles. The summed E-state index contributed by atoms with van der Waals surface area (Å²) in [5.74, 6) is 0. The SMILES string of the molecule is C[C@H](CCO)NCc1cc(Br)ccc1Cl. The van der Waals surface area contributed by atoms with Gasteiger partial charge in [0.1, 0.15) is 0 Å². The molecule has 0 bridgehead atoms. The molecule has 0 amide bonds. The zero-order chi connectivity index (χ0) is 11.3. The Bertz CT molecular complexity index is 319. The average molecular weight is 293 g/mol. The van der Waals surface area contributed by atoms with Gasteiger partial charge in [-0.3, -0.25) is 0 Å². The van der Waals surface area contributed by atoms with Gasteiger partial charge in [-0.1, -0.05) is 27.5 Å². The van der Waals surface area contributed by atoms with Gasteiger partial charge >= 0.3 is 0 Å². The molecule has 1 rings (SSSR count). The number of rotatable bonds is 5. The van der Waals surface area contributed by atoms with E-state index in [9.17, 15) is 0 Å². The number of aliphatic hydroxyl groups excluding tert-OH is 1. The second-order valence-electron chi connectivity index (χ2n) is 3.53. The van der Waals surface area contributed by atoms with Crippen LogP contribution in [0.1, 0.15) is 18.9 Å². The Morgan fingerprint density at radius 2 is 2.27 bits per heavy atom. The summed E-state index contributed by atoms with van der Waals surface area (Å²) >= 11 is 9.45. The number of aliphatic hydroxyl groups is 1. The lowest BCUT2D eigenvalue weighted by Crippen LogP contribution is -2.26. The monoisotopic (exact) mass is 291 g/mol. The van der Waals surface area contributed by atoms with Crippen LogP contribution in [0.4, 0.5) is 0 Å². The topological polar surface area (TPSA) is 32.3 Å². The van der Waals surface area contributed by atoms with Crippen molar-refractivity contribution in [1.29, 1.82) is 0 Å². The van der Waals surface area contributed by atoms with Gasteiger partial charge in [0.2, 0.25) is 0 Å². The predicted octanol–water partition coefficient (Wildman–Crippen LogP) is 2.96. The summed E-state index contributed by atoms with van der Waals surface area (Å²) in [7, 11) is 0. The highest BCUT2D eigenvalue weighted by atomic mass is 79.9. The van der Waals surface area contributed by atoms with Crippen LogP contribution in [0, 0.1) is 0 Å². The first kappa shape index (κ1) is 13.0. The summed E-state index contributed by atoms with van der Waals surface area (Å²) in [4.78, 5) is 0. The normalized spacial score (nSPS) is 12.8. The smallest absolute Gasteiger partial charge is 0.0451 e. The predicted molar refractivity (Wildman–Crippen MR) is 67.2 cm³/mol. The maximum Gasteiger partial charge on any atom is 0.0451 e. The summed E-state index contributed by atoms with van der Waals surface area (Å²) in [6.07, 6.45) is 0.756. The highest BCUT2D eigenvalue weighted by molar-refractivity contribution is 9.10. The second-order valence-corrected chi connectivity index (χ2v) is 4.85. The van der Waals surface area contributed by atoms with Crippen molar-refractivity contribution in [2.75, 3.05) is 6.61 Å². The van der Waals surface area contributed by atoms with Crippen molar-refractivity contribution in [1.82, 2.24) is 5.32 Å². The van der Waals surface area contributed by atoms with Gasteiger partial charge in [-0.05, 0) is 37.1 Å². The minimum Gasteiger partial charge on any atom is -0.396 e. The summed E-state index contributed by atoms with van der Waals surface area (Å²) in [5.41, 5.74) is 1.07. The molecule has 2 nitrogen and oxygen atoms in total. The van der Waals surface area contributed by atoms with Gasteiger partial charge in [0.25, 0.3) is 0 Å². The summed E-state index contributed by atoms with van der Waals surface area (Å²) in [6.45, 7) is 2.97. The van der Waals surface area contributed by atoms with Crippen LogP contribution in [0.15, 0.2) is 22.7 Å². The molecule has 1 aromatic rings. The lowest BCUT2D eigenvalue weighted by molar-refractivity contribution is 0.268. The second kappa shape index (κ2) is 6.48. The Labute approximate surface area is 104 Å². The molecule has 0 heterocycles. The number of nitrogens with one attached hydrogen (secondary N) is 1. The molecule has 0 radical (unpaired) electrons. The van der Waals surface area contributed by atoms with Gasteiger partial charge in [-0.25, -0.2) is 0 Å². The Kier molecular flexibility index (Phi) is 5.61. The van der Waals surface area contributed by atoms with Crippen molar-refractivity contribution in [3.05, 3.63) is 33.3 Å². The minimum atomic E-state index is 0.209. The average Bonchev–Trinajstić information content (AvgIpc) is 2.20. The van der Waals surface area contributed by atoms with Gasteiger partial charge in [0.05, 0.1) is 0 Å². The Morgan fingerprint density at radius 1 is 1.53 bits per heavy atom. The Balaban J connectivity index is 2.53. The van der Waals surface area contributed by atoms with E-state index in [-0.39, 0.29) is 6.61 Å². The summed E-state index contributed by atoms with van der Waals surface area (Å²) in [5, 5.41) is 12.8. The summed E-state index contributed by atoms with van der Waals surface area (Å²) < 4.78 is 1.03. The third-order valence-corrected chi connectivity index (χ3v) is 3.07. The van der Waals surface area contributed by atoms with E-state index in [4.69, 9.17) is 16.7 Å². The first-order valence-corrected chi connectivity index (χ1v) is 6.08. The highest BCUT2D eigenvalue weighted by Gasteiger charge is 2.04. The Hall–Kier alpha value is -0.0900. The van der Waals surface area contributed by atoms with Crippen molar-refractivity contribution in [2.24, 2.45) is 0 Å².